The molecular weight excluding hydrogens is 230 g/mol. The van der Waals surface area contributed by atoms with E-state index in [2.05, 4.69) is 4.98 Å². The third-order valence-corrected chi connectivity index (χ3v) is 2.43. The molecule has 2 N–H and O–H groups in total. The van der Waals surface area contributed by atoms with Gasteiger partial charge in [-0.3, -0.25) is 9.78 Å². The van der Waals surface area contributed by atoms with Crippen LogP contribution in [0, 0.1) is 0 Å². The summed E-state index contributed by atoms with van der Waals surface area (Å²) in [5, 5.41) is 0. The number of hydrogen-bond acceptors (Lipinski definition) is 4. The fourth-order valence-electron chi connectivity index (χ4n) is 1.55. The molecular formula is C13H21N3O2. The van der Waals surface area contributed by atoms with Gasteiger partial charge in [-0.1, -0.05) is 0 Å². The van der Waals surface area contributed by atoms with Gasteiger partial charge in [0.15, 0.2) is 6.10 Å². The Kier molecular flexibility index (Phi) is 5.09. The van der Waals surface area contributed by atoms with Crippen molar-refractivity contribution in [1.82, 2.24) is 9.88 Å². The first kappa shape index (κ1) is 14.4. The Hall–Kier alpha value is -1.62. The first-order valence-corrected chi connectivity index (χ1v) is 5.98. The normalized spacial score (nSPS) is 13.8. The van der Waals surface area contributed by atoms with Gasteiger partial charge in [-0.05, 0) is 26.0 Å². The summed E-state index contributed by atoms with van der Waals surface area (Å²) in [4.78, 5) is 17.4. The van der Waals surface area contributed by atoms with Crippen molar-refractivity contribution in [3.63, 3.8) is 0 Å². The average molecular weight is 251 g/mol. The Labute approximate surface area is 108 Å². The molecule has 1 heterocycles. The topological polar surface area (TPSA) is 68.5 Å². The minimum absolute atomic E-state index is 0.0744. The summed E-state index contributed by atoms with van der Waals surface area (Å²) in [6.45, 7) is 3.65. The van der Waals surface area contributed by atoms with E-state index in [4.69, 9.17) is 10.5 Å². The maximum Gasteiger partial charge on any atom is 0.262 e. The molecule has 0 fully saturated rings. The Bertz CT molecular complexity index is 388. The standard InChI is InChI=1S/C13H21N3O2/c1-9(14)7-11-5-6-12(8-15-11)18-10(2)13(17)16(3)4/h5-6,8-10H,7,14H2,1-4H3. The number of aromatic nitrogens is 1. The Morgan fingerprint density at radius 3 is 2.56 bits per heavy atom. The van der Waals surface area contributed by atoms with Crippen molar-refractivity contribution in [2.75, 3.05) is 14.1 Å². The predicted octanol–water partition coefficient (Wildman–Crippen LogP) is 0.827. The quantitative estimate of drug-likeness (QED) is 0.841. The monoisotopic (exact) mass is 251 g/mol. The van der Waals surface area contributed by atoms with E-state index in [1.165, 1.54) is 4.90 Å². The van der Waals surface area contributed by atoms with Crippen LogP contribution in [0.4, 0.5) is 0 Å². The summed E-state index contributed by atoms with van der Waals surface area (Å²) in [6, 6.07) is 3.76. The van der Waals surface area contributed by atoms with E-state index in [1.54, 1.807) is 27.2 Å². The molecule has 18 heavy (non-hydrogen) atoms. The van der Waals surface area contributed by atoms with Crippen molar-refractivity contribution in [1.29, 1.82) is 0 Å². The number of nitrogens with zero attached hydrogens (tertiary/aromatic N) is 2. The number of hydrogen-bond donors (Lipinski definition) is 1. The molecule has 0 aliphatic rings. The highest BCUT2D eigenvalue weighted by Gasteiger charge is 2.16. The first-order chi connectivity index (χ1) is 8.40. The molecule has 0 aliphatic heterocycles. The van der Waals surface area contributed by atoms with Crippen LogP contribution in [-0.4, -0.2) is 42.0 Å². The lowest BCUT2D eigenvalue weighted by Gasteiger charge is -2.18. The lowest BCUT2D eigenvalue weighted by molar-refractivity contribution is -0.135. The molecule has 0 spiro atoms. The van der Waals surface area contributed by atoms with E-state index in [1.807, 2.05) is 19.1 Å². The molecule has 1 rings (SSSR count). The minimum Gasteiger partial charge on any atom is -0.479 e. The average Bonchev–Trinajstić information content (AvgIpc) is 2.29. The summed E-state index contributed by atoms with van der Waals surface area (Å²) in [7, 11) is 3.40. The molecule has 100 valence electrons. The number of carbonyl (C=O) groups excluding carboxylic acids is 1. The van der Waals surface area contributed by atoms with E-state index in [0.717, 1.165) is 12.1 Å². The van der Waals surface area contributed by atoms with Gasteiger partial charge in [0.25, 0.3) is 5.91 Å². The zero-order chi connectivity index (χ0) is 13.7. The molecule has 2 atom stereocenters. The van der Waals surface area contributed by atoms with Crippen LogP contribution >= 0.6 is 0 Å². The van der Waals surface area contributed by atoms with Crippen molar-refractivity contribution in [3.8, 4) is 5.75 Å². The largest absolute Gasteiger partial charge is 0.479 e. The lowest BCUT2D eigenvalue weighted by Crippen LogP contribution is -2.35. The van der Waals surface area contributed by atoms with E-state index in [-0.39, 0.29) is 11.9 Å². The number of likely N-dealkylation sites (N-methyl/N-ethyl adjacent to an activating group) is 1. The van der Waals surface area contributed by atoms with Crippen LogP contribution in [-0.2, 0) is 11.2 Å². The van der Waals surface area contributed by atoms with Gasteiger partial charge in [0.2, 0.25) is 0 Å². The molecule has 2 unspecified atom stereocenters. The second kappa shape index (κ2) is 6.35. The van der Waals surface area contributed by atoms with Crippen LogP contribution in [0.3, 0.4) is 0 Å². The summed E-state index contributed by atoms with van der Waals surface area (Å²) >= 11 is 0. The second-order valence-corrected chi connectivity index (χ2v) is 4.66. The van der Waals surface area contributed by atoms with Crippen molar-refractivity contribution >= 4 is 5.91 Å². The second-order valence-electron chi connectivity index (χ2n) is 4.66. The van der Waals surface area contributed by atoms with Crippen molar-refractivity contribution in [2.45, 2.75) is 32.4 Å². The zero-order valence-electron chi connectivity index (χ0n) is 11.4. The third-order valence-electron chi connectivity index (χ3n) is 2.43. The summed E-state index contributed by atoms with van der Waals surface area (Å²) in [5.41, 5.74) is 6.62. The van der Waals surface area contributed by atoms with Gasteiger partial charge >= 0.3 is 0 Å². The summed E-state index contributed by atoms with van der Waals surface area (Å²) < 4.78 is 5.51. The van der Waals surface area contributed by atoms with Crippen LogP contribution in [0.2, 0.25) is 0 Å². The highest BCUT2D eigenvalue weighted by Crippen LogP contribution is 2.12. The molecule has 1 aromatic heterocycles. The van der Waals surface area contributed by atoms with Gasteiger partial charge in [-0.25, -0.2) is 0 Å². The van der Waals surface area contributed by atoms with Gasteiger partial charge in [-0.15, -0.1) is 0 Å². The Morgan fingerprint density at radius 2 is 2.11 bits per heavy atom. The molecule has 1 aromatic rings. The molecule has 0 radical (unpaired) electrons. The van der Waals surface area contributed by atoms with E-state index < -0.39 is 6.10 Å². The maximum atomic E-state index is 11.6. The fraction of sp³-hybridized carbons (Fsp3) is 0.538. The van der Waals surface area contributed by atoms with Gasteiger partial charge in [-0.2, -0.15) is 0 Å². The summed E-state index contributed by atoms with van der Waals surface area (Å²) in [5.74, 6) is 0.515. The highest BCUT2D eigenvalue weighted by atomic mass is 16.5. The number of carbonyl (C=O) groups is 1. The Morgan fingerprint density at radius 1 is 1.44 bits per heavy atom. The van der Waals surface area contributed by atoms with Crippen LogP contribution in [0.5, 0.6) is 5.75 Å². The maximum absolute atomic E-state index is 11.6. The predicted molar refractivity (Wildman–Crippen MR) is 70.4 cm³/mol. The van der Waals surface area contributed by atoms with Crippen LogP contribution in [0.1, 0.15) is 19.5 Å². The molecule has 0 saturated heterocycles. The molecule has 0 aromatic carbocycles. The van der Waals surface area contributed by atoms with Crippen molar-refractivity contribution in [2.24, 2.45) is 5.73 Å². The van der Waals surface area contributed by atoms with E-state index in [0.29, 0.717) is 5.75 Å². The number of pyridine rings is 1. The number of amides is 1. The van der Waals surface area contributed by atoms with Crippen molar-refractivity contribution < 1.29 is 9.53 Å². The molecule has 5 nitrogen and oxygen atoms in total. The van der Waals surface area contributed by atoms with Crippen molar-refractivity contribution in [3.05, 3.63) is 24.0 Å². The molecule has 1 amide bonds. The SMILES string of the molecule is CC(N)Cc1ccc(OC(C)C(=O)N(C)C)cn1. The molecule has 0 saturated carbocycles. The lowest BCUT2D eigenvalue weighted by atomic mass is 10.2. The van der Waals surface area contributed by atoms with E-state index in [9.17, 15) is 4.79 Å². The molecule has 0 bridgehead atoms. The number of ether oxygens (including phenoxy) is 1. The summed E-state index contributed by atoms with van der Waals surface area (Å²) in [6.07, 6.45) is 1.84. The molecule has 0 aliphatic carbocycles. The third kappa shape index (κ3) is 4.33. The fourth-order valence-corrected chi connectivity index (χ4v) is 1.55. The zero-order valence-corrected chi connectivity index (χ0v) is 11.4. The highest BCUT2D eigenvalue weighted by molar-refractivity contribution is 5.80. The van der Waals surface area contributed by atoms with Crippen LogP contribution in [0.25, 0.3) is 0 Å². The van der Waals surface area contributed by atoms with Gasteiger partial charge in [0.1, 0.15) is 5.75 Å². The first-order valence-electron chi connectivity index (χ1n) is 5.98. The van der Waals surface area contributed by atoms with Crippen LogP contribution < -0.4 is 10.5 Å². The van der Waals surface area contributed by atoms with Gasteiger partial charge in [0.05, 0.1) is 6.20 Å². The number of nitrogens with two attached hydrogens (primary N) is 1. The van der Waals surface area contributed by atoms with Gasteiger partial charge in [0, 0.05) is 32.3 Å². The smallest absolute Gasteiger partial charge is 0.262 e. The van der Waals surface area contributed by atoms with Crippen LogP contribution in [0.15, 0.2) is 18.3 Å². The van der Waals surface area contributed by atoms with E-state index >= 15 is 0 Å². The molecule has 5 heteroatoms. The number of rotatable bonds is 5. The minimum atomic E-state index is -0.513. The van der Waals surface area contributed by atoms with Gasteiger partial charge < -0.3 is 15.4 Å². The Balaban J connectivity index is 2.61.